The minimum atomic E-state index is -0.308. The molecule has 0 aliphatic heterocycles. The third kappa shape index (κ3) is 3.62. The summed E-state index contributed by atoms with van der Waals surface area (Å²) in [5.41, 5.74) is 0.316. The Morgan fingerprint density at radius 3 is 2.50 bits per heavy atom. The van der Waals surface area contributed by atoms with Crippen molar-refractivity contribution in [2.75, 3.05) is 5.32 Å². The number of aromatic amines is 1. The average molecular weight is 410 g/mol. The fraction of sp³-hybridized carbons (Fsp3) is 0.526. The third-order valence-electron chi connectivity index (χ3n) is 4.64. The second-order valence-electron chi connectivity index (χ2n) is 9.32. The van der Waals surface area contributed by atoms with Crippen molar-refractivity contribution in [2.45, 2.75) is 60.0 Å². The monoisotopic (exact) mass is 410 g/mol. The van der Waals surface area contributed by atoms with E-state index in [1.54, 1.807) is 6.20 Å². The van der Waals surface area contributed by atoms with Gasteiger partial charge in [0, 0.05) is 0 Å². The van der Waals surface area contributed by atoms with Crippen LogP contribution in [0.25, 0.3) is 22.7 Å². The summed E-state index contributed by atoms with van der Waals surface area (Å²) in [4.78, 5) is 17.9. The van der Waals surface area contributed by atoms with E-state index in [2.05, 4.69) is 87.2 Å². The number of aryl methyl sites for hydroxylation is 1. The zero-order valence-electron chi connectivity index (χ0n) is 18.2. The predicted octanol–water partition coefficient (Wildman–Crippen LogP) is 3.26. The lowest BCUT2D eigenvalue weighted by Crippen LogP contribution is -2.27. The molecule has 0 bridgehead atoms. The number of H-pyrrole nitrogens is 1. The van der Waals surface area contributed by atoms with Gasteiger partial charge < -0.3 is 9.84 Å². The molecule has 11 heteroatoms. The van der Waals surface area contributed by atoms with Crippen molar-refractivity contribution in [3.05, 3.63) is 24.2 Å². The van der Waals surface area contributed by atoms with E-state index in [-0.39, 0.29) is 17.0 Å². The molecule has 1 atom stereocenters. The number of hydrogen-bond donors (Lipinski definition) is 2. The third-order valence-corrected chi connectivity index (χ3v) is 4.64. The molecular weight excluding hydrogens is 384 g/mol. The molecule has 4 aromatic heterocycles. The van der Waals surface area contributed by atoms with Crippen LogP contribution in [0.5, 0.6) is 0 Å². The van der Waals surface area contributed by atoms with Gasteiger partial charge in [0.2, 0.25) is 11.7 Å². The van der Waals surface area contributed by atoms with Crippen molar-refractivity contribution in [2.24, 2.45) is 5.41 Å². The first-order valence-corrected chi connectivity index (χ1v) is 9.73. The average Bonchev–Trinajstić information content (AvgIpc) is 3.36. The van der Waals surface area contributed by atoms with E-state index in [9.17, 15) is 0 Å². The van der Waals surface area contributed by atoms with E-state index in [0.29, 0.717) is 29.2 Å². The van der Waals surface area contributed by atoms with Crippen LogP contribution in [0.2, 0.25) is 0 Å². The van der Waals surface area contributed by atoms with Crippen LogP contribution < -0.4 is 5.32 Å². The van der Waals surface area contributed by atoms with Gasteiger partial charge in [0.05, 0.1) is 17.1 Å². The number of anilines is 1. The van der Waals surface area contributed by atoms with E-state index < -0.39 is 0 Å². The topological polar surface area (TPSA) is 136 Å². The molecule has 2 N–H and O–H groups in total. The Kier molecular flexibility index (Phi) is 4.55. The zero-order chi connectivity index (χ0) is 21.7. The van der Waals surface area contributed by atoms with Crippen molar-refractivity contribution in [1.82, 2.24) is 45.1 Å². The number of aromatic nitrogens is 9. The quantitative estimate of drug-likeness (QED) is 0.519. The van der Waals surface area contributed by atoms with Crippen LogP contribution in [-0.4, -0.2) is 45.1 Å². The number of fused-ring (bicyclic) bond motifs is 1. The molecule has 0 radical (unpaired) electrons. The summed E-state index contributed by atoms with van der Waals surface area (Å²) in [7, 11) is 0. The lowest BCUT2D eigenvalue weighted by molar-refractivity contribution is 0.268. The van der Waals surface area contributed by atoms with Gasteiger partial charge in [-0.15, -0.1) is 0 Å². The molecule has 0 aromatic carbocycles. The molecular formula is C19H26N10O. The maximum Gasteiger partial charge on any atom is 0.250 e. The van der Waals surface area contributed by atoms with Gasteiger partial charge in [-0.05, 0) is 33.1 Å². The first-order chi connectivity index (χ1) is 14.0. The van der Waals surface area contributed by atoms with E-state index in [0.717, 1.165) is 11.0 Å². The molecule has 158 valence electrons. The Hall–Kier alpha value is -3.37. The molecule has 4 heterocycles. The summed E-state index contributed by atoms with van der Waals surface area (Å²) in [5, 5.41) is 19.5. The molecule has 0 amide bonds. The molecule has 0 aliphatic rings. The van der Waals surface area contributed by atoms with Crippen molar-refractivity contribution >= 4 is 16.9 Å². The van der Waals surface area contributed by atoms with Crippen LogP contribution in [0.15, 0.2) is 17.0 Å². The zero-order valence-corrected chi connectivity index (χ0v) is 18.2. The fourth-order valence-corrected chi connectivity index (χ4v) is 3.17. The van der Waals surface area contributed by atoms with Crippen LogP contribution >= 0.6 is 0 Å². The van der Waals surface area contributed by atoms with E-state index >= 15 is 0 Å². The van der Waals surface area contributed by atoms with Gasteiger partial charge in [0.1, 0.15) is 24.0 Å². The molecule has 0 saturated heterocycles. The minimum absolute atomic E-state index is 0.207. The lowest BCUT2D eigenvalue weighted by atomic mass is 9.86. The number of rotatable bonds is 4. The van der Waals surface area contributed by atoms with Crippen LogP contribution in [0.3, 0.4) is 0 Å². The first-order valence-electron chi connectivity index (χ1n) is 9.73. The van der Waals surface area contributed by atoms with Crippen molar-refractivity contribution in [3.63, 3.8) is 0 Å². The molecule has 0 aliphatic carbocycles. The number of nitrogens with one attached hydrogen (secondary N) is 2. The molecule has 30 heavy (non-hydrogen) atoms. The van der Waals surface area contributed by atoms with Crippen molar-refractivity contribution in [3.8, 4) is 11.6 Å². The second-order valence-corrected chi connectivity index (χ2v) is 9.32. The highest BCUT2D eigenvalue weighted by atomic mass is 16.5. The minimum Gasteiger partial charge on any atom is -0.357 e. The van der Waals surface area contributed by atoms with Crippen LogP contribution in [0, 0.1) is 12.3 Å². The smallest absolute Gasteiger partial charge is 0.250 e. The summed E-state index contributed by atoms with van der Waals surface area (Å²) in [5.74, 6) is 2.55. The standard InChI is InChI=1S/C19H26N10O/c1-10-23-13(11-8-22-29(16(11)24-10)19(5,6)7)25-12(18(2,3)4)17-26-15(28-30-17)14-20-9-21-27-14/h8-9,12H,1-7H3,(H,20,21,27)(H,23,24,25)/t12-/m0/s1. The van der Waals surface area contributed by atoms with Gasteiger partial charge in [-0.2, -0.15) is 15.2 Å². The number of nitrogens with zero attached hydrogens (tertiary/aromatic N) is 8. The van der Waals surface area contributed by atoms with E-state index in [4.69, 9.17) is 4.52 Å². The van der Waals surface area contributed by atoms with Gasteiger partial charge in [0.15, 0.2) is 11.5 Å². The van der Waals surface area contributed by atoms with Crippen molar-refractivity contribution < 1.29 is 4.52 Å². The van der Waals surface area contributed by atoms with Crippen LogP contribution in [0.4, 0.5) is 5.82 Å². The highest BCUT2D eigenvalue weighted by Crippen LogP contribution is 2.37. The summed E-state index contributed by atoms with van der Waals surface area (Å²) in [6.07, 6.45) is 3.19. The Morgan fingerprint density at radius 2 is 1.87 bits per heavy atom. The largest absolute Gasteiger partial charge is 0.357 e. The van der Waals surface area contributed by atoms with Crippen molar-refractivity contribution in [1.29, 1.82) is 0 Å². The molecule has 4 aromatic rings. The van der Waals surface area contributed by atoms with Gasteiger partial charge in [0.25, 0.3) is 0 Å². The maximum absolute atomic E-state index is 5.58. The van der Waals surface area contributed by atoms with Gasteiger partial charge in [-0.3, -0.25) is 5.10 Å². The Labute approximate surface area is 173 Å². The number of hydrogen-bond acceptors (Lipinski definition) is 9. The van der Waals surface area contributed by atoms with Crippen LogP contribution in [0.1, 0.15) is 59.3 Å². The van der Waals surface area contributed by atoms with E-state index in [1.165, 1.54) is 6.33 Å². The SMILES string of the molecule is Cc1nc(N[C@@H](c2nc(-c3ncn[nH]3)no2)C(C)(C)C)c2cnn(C(C)(C)C)c2n1. The molecule has 11 nitrogen and oxygen atoms in total. The highest BCUT2D eigenvalue weighted by Gasteiger charge is 2.33. The molecule has 4 rings (SSSR count). The molecule has 0 unspecified atom stereocenters. The second kappa shape index (κ2) is 6.85. The lowest BCUT2D eigenvalue weighted by Gasteiger charge is -2.29. The van der Waals surface area contributed by atoms with Crippen LogP contribution in [-0.2, 0) is 5.54 Å². The Morgan fingerprint density at radius 1 is 1.10 bits per heavy atom. The highest BCUT2D eigenvalue weighted by molar-refractivity contribution is 5.86. The Balaban J connectivity index is 1.76. The van der Waals surface area contributed by atoms with Gasteiger partial charge in [-0.1, -0.05) is 25.9 Å². The summed E-state index contributed by atoms with van der Waals surface area (Å²) in [6.45, 7) is 14.4. The molecule has 0 fully saturated rings. The first kappa shape index (κ1) is 19.9. The summed E-state index contributed by atoms with van der Waals surface area (Å²) < 4.78 is 7.48. The molecule has 0 spiro atoms. The maximum atomic E-state index is 5.58. The summed E-state index contributed by atoms with van der Waals surface area (Å²) in [6, 6.07) is -0.308. The molecule has 0 saturated carbocycles. The van der Waals surface area contributed by atoms with E-state index in [1.807, 2.05) is 11.6 Å². The van der Waals surface area contributed by atoms with Gasteiger partial charge >= 0.3 is 0 Å². The Bertz CT molecular complexity index is 1160. The normalized spacial score (nSPS) is 13.7. The predicted molar refractivity (Wildman–Crippen MR) is 111 cm³/mol. The van der Waals surface area contributed by atoms with Gasteiger partial charge in [-0.25, -0.2) is 19.6 Å². The summed E-state index contributed by atoms with van der Waals surface area (Å²) >= 11 is 0. The fourth-order valence-electron chi connectivity index (χ4n) is 3.17.